The van der Waals surface area contributed by atoms with E-state index < -0.39 is 12.0 Å². The Balaban J connectivity index is 1.69. The fraction of sp³-hybridized carbons (Fsp3) is 0.160. The molecule has 0 radical (unpaired) electrons. The van der Waals surface area contributed by atoms with E-state index in [0.717, 1.165) is 22.0 Å². The number of benzene rings is 2. The first kappa shape index (κ1) is 19.1. The highest BCUT2D eigenvalue weighted by Crippen LogP contribution is 2.44. The van der Waals surface area contributed by atoms with E-state index in [1.165, 1.54) is 0 Å². The van der Waals surface area contributed by atoms with E-state index in [9.17, 15) is 9.59 Å². The molecule has 0 fully saturated rings. The zero-order valence-corrected chi connectivity index (χ0v) is 17.3. The van der Waals surface area contributed by atoms with Gasteiger partial charge < -0.3 is 14.8 Å². The molecule has 2 aromatic carbocycles. The predicted molar refractivity (Wildman–Crippen MR) is 120 cm³/mol. The van der Waals surface area contributed by atoms with Gasteiger partial charge in [-0.2, -0.15) is 0 Å². The van der Waals surface area contributed by atoms with Gasteiger partial charge in [-0.15, -0.1) is 0 Å². The molecule has 1 N–H and O–H groups in total. The minimum atomic E-state index is -0.577. The van der Waals surface area contributed by atoms with Crippen molar-refractivity contribution in [3.05, 3.63) is 95.8 Å². The van der Waals surface area contributed by atoms with Crippen LogP contribution in [0, 0.1) is 0 Å². The van der Waals surface area contributed by atoms with Gasteiger partial charge in [-0.25, -0.2) is 4.98 Å². The third-order valence-corrected chi connectivity index (χ3v) is 6.02. The number of nitrogens with one attached hydrogen (secondary N) is 1. The number of para-hydroxylation sites is 1. The maximum absolute atomic E-state index is 13.6. The Morgan fingerprint density at radius 1 is 0.935 bits per heavy atom. The fourth-order valence-electron chi connectivity index (χ4n) is 4.60. The van der Waals surface area contributed by atoms with Crippen LogP contribution in [0.15, 0.2) is 79.1 Å². The van der Waals surface area contributed by atoms with Gasteiger partial charge in [0.25, 0.3) is 5.91 Å². The minimum absolute atomic E-state index is 0.0876. The predicted octanol–water partition coefficient (Wildman–Crippen LogP) is 4.12. The average Bonchev–Trinajstić information content (AvgIpc) is 3.13. The lowest BCUT2D eigenvalue weighted by Crippen LogP contribution is -2.44. The zero-order chi connectivity index (χ0) is 21.5. The molecule has 0 spiro atoms. The van der Waals surface area contributed by atoms with E-state index in [1.54, 1.807) is 36.3 Å². The van der Waals surface area contributed by atoms with E-state index in [1.807, 2.05) is 66.3 Å². The van der Waals surface area contributed by atoms with Gasteiger partial charge in [0.15, 0.2) is 0 Å². The number of aryl methyl sites for hydroxylation is 1. The molecule has 0 aliphatic carbocycles. The van der Waals surface area contributed by atoms with Crippen molar-refractivity contribution in [1.29, 1.82) is 0 Å². The summed E-state index contributed by atoms with van der Waals surface area (Å²) in [4.78, 5) is 32.8. The van der Waals surface area contributed by atoms with Crippen molar-refractivity contribution < 1.29 is 9.59 Å². The Morgan fingerprint density at radius 2 is 1.68 bits per heavy atom. The first-order chi connectivity index (χ1) is 15.1. The van der Waals surface area contributed by atoms with Gasteiger partial charge in [0, 0.05) is 48.5 Å². The summed E-state index contributed by atoms with van der Waals surface area (Å²) in [7, 11) is 3.75. The number of anilines is 1. The van der Waals surface area contributed by atoms with Crippen molar-refractivity contribution in [2.45, 2.75) is 12.0 Å². The van der Waals surface area contributed by atoms with Crippen LogP contribution in [0.4, 0.5) is 5.82 Å². The van der Waals surface area contributed by atoms with Gasteiger partial charge in [0.1, 0.15) is 5.82 Å². The number of likely N-dealkylation sites (N-methyl/N-ethyl adjacent to an activating group) is 1. The number of carbonyl (C=O) groups excluding carboxylic acids is 2. The zero-order valence-electron chi connectivity index (χ0n) is 17.3. The maximum Gasteiger partial charge on any atom is 0.254 e. The van der Waals surface area contributed by atoms with E-state index in [4.69, 9.17) is 0 Å². The highest BCUT2D eigenvalue weighted by molar-refractivity contribution is 6.04. The maximum atomic E-state index is 13.6. The molecule has 0 saturated heterocycles. The lowest BCUT2D eigenvalue weighted by Gasteiger charge is -2.39. The van der Waals surface area contributed by atoms with Crippen LogP contribution in [0.5, 0.6) is 0 Å². The van der Waals surface area contributed by atoms with E-state index in [0.29, 0.717) is 11.4 Å². The number of pyridine rings is 1. The lowest BCUT2D eigenvalue weighted by molar-refractivity contribution is -0.119. The van der Waals surface area contributed by atoms with Crippen LogP contribution >= 0.6 is 0 Å². The van der Waals surface area contributed by atoms with Crippen LogP contribution in [0.3, 0.4) is 0 Å². The number of hydrogen-bond acceptors (Lipinski definition) is 3. The number of aromatic nitrogens is 2. The van der Waals surface area contributed by atoms with E-state index >= 15 is 0 Å². The molecule has 1 aliphatic heterocycles. The van der Waals surface area contributed by atoms with Gasteiger partial charge in [0.05, 0.1) is 12.0 Å². The molecular weight excluding hydrogens is 388 g/mol. The fourth-order valence-corrected chi connectivity index (χ4v) is 4.60. The van der Waals surface area contributed by atoms with Gasteiger partial charge in [-0.3, -0.25) is 9.59 Å². The van der Waals surface area contributed by atoms with Crippen molar-refractivity contribution in [3.8, 4) is 0 Å². The number of carbonyl (C=O) groups is 2. The largest absolute Gasteiger partial charge is 0.350 e. The van der Waals surface area contributed by atoms with Crippen LogP contribution in [-0.4, -0.2) is 33.3 Å². The van der Waals surface area contributed by atoms with Crippen molar-refractivity contribution >= 4 is 28.5 Å². The molecule has 31 heavy (non-hydrogen) atoms. The molecular formula is C25H22N4O2. The Bertz CT molecular complexity index is 1300. The summed E-state index contributed by atoms with van der Waals surface area (Å²) >= 11 is 0. The number of fused-ring (bicyclic) bond motifs is 2. The summed E-state index contributed by atoms with van der Waals surface area (Å²) in [6.45, 7) is 0. The quantitative estimate of drug-likeness (QED) is 0.552. The molecule has 1 aliphatic rings. The number of amides is 2. The highest BCUT2D eigenvalue weighted by Gasteiger charge is 2.43. The summed E-state index contributed by atoms with van der Waals surface area (Å²) < 4.78 is 2.04. The number of rotatable bonds is 3. The van der Waals surface area contributed by atoms with Gasteiger partial charge >= 0.3 is 0 Å². The van der Waals surface area contributed by atoms with Crippen molar-refractivity contribution in [1.82, 2.24) is 14.5 Å². The van der Waals surface area contributed by atoms with Crippen LogP contribution in [0.1, 0.15) is 33.4 Å². The molecule has 2 unspecified atom stereocenters. The summed E-state index contributed by atoms with van der Waals surface area (Å²) in [6.07, 6.45) is 3.66. The third kappa shape index (κ3) is 3.08. The standard InChI is InChI=1S/C25H22N4O2/c1-28-15-19(16-9-5-6-12-20(16)28)23-22(24(30)27-21-13-7-8-14-26-21)17-10-3-4-11-18(17)25(31)29(23)2/h3-15,22-23H,1-2H3,(H,26,27,30). The number of hydrogen-bond donors (Lipinski definition) is 1. The molecule has 2 amide bonds. The highest BCUT2D eigenvalue weighted by atomic mass is 16.2. The Kier molecular flexibility index (Phi) is 4.55. The lowest BCUT2D eigenvalue weighted by atomic mass is 9.79. The smallest absolute Gasteiger partial charge is 0.254 e. The molecule has 6 heteroatoms. The van der Waals surface area contributed by atoms with Crippen LogP contribution in [0.25, 0.3) is 10.9 Å². The first-order valence-electron chi connectivity index (χ1n) is 10.2. The van der Waals surface area contributed by atoms with Crippen LogP contribution < -0.4 is 5.32 Å². The first-order valence-corrected chi connectivity index (χ1v) is 10.2. The van der Waals surface area contributed by atoms with Crippen molar-refractivity contribution in [3.63, 3.8) is 0 Å². The molecule has 0 saturated carbocycles. The van der Waals surface area contributed by atoms with Crippen LogP contribution in [-0.2, 0) is 11.8 Å². The third-order valence-electron chi connectivity index (χ3n) is 6.02. The van der Waals surface area contributed by atoms with Gasteiger partial charge in [-0.1, -0.05) is 42.5 Å². The van der Waals surface area contributed by atoms with E-state index in [2.05, 4.69) is 10.3 Å². The molecule has 5 rings (SSSR count). The summed E-state index contributed by atoms with van der Waals surface area (Å²) in [5.41, 5.74) is 3.30. The second-order valence-corrected chi connectivity index (χ2v) is 7.84. The number of nitrogens with zero attached hydrogens (tertiary/aromatic N) is 3. The monoisotopic (exact) mass is 410 g/mol. The Morgan fingerprint density at radius 3 is 2.48 bits per heavy atom. The molecule has 6 nitrogen and oxygen atoms in total. The summed E-state index contributed by atoms with van der Waals surface area (Å²) in [5.74, 6) is -0.369. The topological polar surface area (TPSA) is 67.2 Å². The van der Waals surface area contributed by atoms with Crippen LogP contribution in [0.2, 0.25) is 0 Å². The Labute approximate surface area is 180 Å². The SMILES string of the molecule is CN1C(=O)c2ccccc2C(C(=O)Nc2ccccn2)C1c1cn(C)c2ccccc12. The molecule has 2 atom stereocenters. The van der Waals surface area contributed by atoms with Crippen molar-refractivity contribution in [2.75, 3.05) is 12.4 Å². The van der Waals surface area contributed by atoms with Crippen molar-refractivity contribution in [2.24, 2.45) is 7.05 Å². The van der Waals surface area contributed by atoms with E-state index in [-0.39, 0.29) is 11.8 Å². The molecule has 4 aromatic rings. The Hall–Kier alpha value is -3.93. The normalized spacial score (nSPS) is 18.1. The average molecular weight is 410 g/mol. The summed E-state index contributed by atoms with van der Waals surface area (Å²) in [6, 6.07) is 20.4. The molecule has 0 bridgehead atoms. The second kappa shape index (κ2) is 7.40. The minimum Gasteiger partial charge on any atom is -0.350 e. The molecule has 3 heterocycles. The summed E-state index contributed by atoms with van der Waals surface area (Å²) in [5, 5.41) is 3.98. The molecule has 154 valence electrons. The van der Waals surface area contributed by atoms with Gasteiger partial charge in [0.2, 0.25) is 5.91 Å². The molecule has 2 aromatic heterocycles. The van der Waals surface area contributed by atoms with Gasteiger partial charge in [-0.05, 0) is 29.8 Å². The second-order valence-electron chi connectivity index (χ2n) is 7.84.